The number of amides is 1. The maximum absolute atomic E-state index is 11.8. The van der Waals surface area contributed by atoms with Gasteiger partial charge in [-0.2, -0.15) is 0 Å². The highest BCUT2D eigenvalue weighted by molar-refractivity contribution is 5.92. The second-order valence-corrected chi connectivity index (χ2v) is 5.54. The van der Waals surface area contributed by atoms with Crippen LogP contribution in [0.25, 0.3) is 11.3 Å². The number of hydrogen-bond acceptors (Lipinski definition) is 2. The monoisotopic (exact) mass is 321 g/mol. The van der Waals surface area contributed by atoms with E-state index in [-0.39, 0.29) is 5.91 Å². The van der Waals surface area contributed by atoms with Crippen LogP contribution in [0.3, 0.4) is 0 Å². The zero-order valence-corrected chi connectivity index (χ0v) is 14.1. The van der Waals surface area contributed by atoms with Gasteiger partial charge in [0.15, 0.2) is 0 Å². The minimum atomic E-state index is -0.169. The minimum Gasteiger partial charge on any atom is -0.347 e. The predicted octanol–water partition coefficient (Wildman–Crippen LogP) is 3.66. The van der Waals surface area contributed by atoms with Crippen molar-refractivity contribution in [1.29, 1.82) is 0 Å². The van der Waals surface area contributed by atoms with E-state index in [0.717, 1.165) is 22.8 Å². The summed E-state index contributed by atoms with van der Waals surface area (Å²) in [4.78, 5) is 16.6. The molecule has 0 bridgehead atoms. The molecule has 0 saturated carbocycles. The molecule has 0 aliphatic heterocycles. The molecule has 2 aromatic rings. The summed E-state index contributed by atoms with van der Waals surface area (Å²) in [5.41, 5.74) is 3.36. The van der Waals surface area contributed by atoms with E-state index in [1.165, 1.54) is 0 Å². The van der Waals surface area contributed by atoms with Crippen molar-refractivity contribution in [2.24, 2.45) is 0 Å². The summed E-state index contributed by atoms with van der Waals surface area (Å²) in [5, 5.41) is 2.87. The fourth-order valence-electron chi connectivity index (χ4n) is 2.52. The number of carbonyl (C=O) groups is 1. The number of hydrogen-bond donors (Lipinski definition) is 1. The van der Waals surface area contributed by atoms with Crippen LogP contribution in [0, 0.1) is 0 Å². The summed E-state index contributed by atoms with van der Waals surface area (Å²) >= 11 is 0. The Kier molecular flexibility index (Phi) is 5.90. The molecular weight excluding hydrogens is 298 g/mol. The third-order valence-corrected chi connectivity index (χ3v) is 3.61. The molecule has 124 valence electrons. The summed E-state index contributed by atoms with van der Waals surface area (Å²) in [6.45, 7) is 14.0. The molecule has 2 rings (SSSR count). The Morgan fingerprint density at radius 2 is 1.96 bits per heavy atom. The molecule has 1 aromatic heterocycles. The molecule has 0 atom stereocenters. The molecule has 1 heterocycles. The molecule has 1 N–H and O–H groups in total. The first-order valence-corrected chi connectivity index (χ1v) is 7.87. The van der Waals surface area contributed by atoms with E-state index >= 15 is 0 Å². The third kappa shape index (κ3) is 3.90. The normalized spacial score (nSPS) is 10.2. The van der Waals surface area contributed by atoms with Crippen molar-refractivity contribution in [2.45, 2.75) is 26.4 Å². The van der Waals surface area contributed by atoms with Gasteiger partial charge in [-0.1, -0.05) is 49.1 Å². The number of allylic oxidation sites excluding steroid dienone is 2. The first-order valence-electron chi connectivity index (χ1n) is 7.87. The lowest BCUT2D eigenvalue weighted by molar-refractivity contribution is -0.117. The van der Waals surface area contributed by atoms with Crippen LogP contribution in [-0.4, -0.2) is 15.5 Å². The van der Waals surface area contributed by atoms with Gasteiger partial charge in [0.25, 0.3) is 0 Å². The van der Waals surface area contributed by atoms with Crippen molar-refractivity contribution in [3.05, 3.63) is 79.3 Å². The maximum Gasteiger partial charge on any atom is 0.246 e. The van der Waals surface area contributed by atoms with Crippen LogP contribution < -0.4 is 5.32 Å². The van der Waals surface area contributed by atoms with Gasteiger partial charge in [-0.05, 0) is 6.92 Å². The molecular formula is C20H23N3O. The second kappa shape index (κ2) is 8.11. The molecule has 0 aliphatic rings. The minimum absolute atomic E-state index is 0.169. The van der Waals surface area contributed by atoms with E-state index in [1.54, 1.807) is 6.92 Å². The van der Waals surface area contributed by atoms with E-state index in [1.807, 2.05) is 42.5 Å². The highest BCUT2D eigenvalue weighted by atomic mass is 16.1. The van der Waals surface area contributed by atoms with Gasteiger partial charge in [0, 0.05) is 24.1 Å². The van der Waals surface area contributed by atoms with Crippen LogP contribution >= 0.6 is 0 Å². The van der Waals surface area contributed by atoms with E-state index < -0.39 is 0 Å². The zero-order chi connectivity index (χ0) is 17.5. The molecule has 0 saturated heterocycles. The summed E-state index contributed by atoms with van der Waals surface area (Å²) in [6, 6.07) is 10.0. The standard InChI is InChI=1S/C20H23N3O/c1-5-10-18-22-17(14-21-20(24)15(3)4)19(23(18)13-6-2)16-11-8-7-9-12-16/h5-9,11-12H,1-3,10,13-14H2,4H3,(H,21,24). The summed E-state index contributed by atoms with van der Waals surface area (Å²) in [5.74, 6) is 0.737. The maximum atomic E-state index is 11.8. The molecule has 4 nitrogen and oxygen atoms in total. The first-order chi connectivity index (χ1) is 11.6. The van der Waals surface area contributed by atoms with Crippen LogP contribution in [0.4, 0.5) is 0 Å². The van der Waals surface area contributed by atoms with Crippen LogP contribution in [0.15, 0.2) is 67.8 Å². The first kappa shape index (κ1) is 17.5. The van der Waals surface area contributed by atoms with Gasteiger partial charge in [0.05, 0.1) is 17.9 Å². The molecule has 0 spiro atoms. The van der Waals surface area contributed by atoms with Gasteiger partial charge in [0.1, 0.15) is 5.82 Å². The van der Waals surface area contributed by atoms with E-state index in [0.29, 0.717) is 25.1 Å². The number of nitrogens with zero attached hydrogens (tertiary/aromatic N) is 2. The second-order valence-electron chi connectivity index (χ2n) is 5.54. The van der Waals surface area contributed by atoms with Gasteiger partial charge in [-0.3, -0.25) is 4.79 Å². The van der Waals surface area contributed by atoms with Crippen molar-refractivity contribution >= 4 is 5.91 Å². The van der Waals surface area contributed by atoms with Crippen LogP contribution in [0.5, 0.6) is 0 Å². The number of carbonyl (C=O) groups excluding carboxylic acids is 1. The fourth-order valence-corrected chi connectivity index (χ4v) is 2.52. The van der Waals surface area contributed by atoms with E-state index in [2.05, 4.69) is 29.6 Å². The number of benzene rings is 1. The molecule has 1 amide bonds. The molecule has 4 heteroatoms. The molecule has 0 aliphatic carbocycles. The van der Waals surface area contributed by atoms with Gasteiger partial charge in [-0.25, -0.2) is 4.98 Å². The van der Waals surface area contributed by atoms with E-state index in [4.69, 9.17) is 4.98 Å². The SMILES string of the molecule is C=CCc1nc(CNC(=O)C(=C)C)c(-c2ccccc2)n1CC=C. The van der Waals surface area contributed by atoms with Crippen LogP contribution in [0.2, 0.25) is 0 Å². The number of nitrogens with one attached hydrogen (secondary N) is 1. The summed E-state index contributed by atoms with van der Waals surface area (Å²) in [6.07, 6.45) is 4.33. The van der Waals surface area contributed by atoms with Gasteiger partial charge in [0.2, 0.25) is 5.91 Å². The Morgan fingerprint density at radius 3 is 2.54 bits per heavy atom. The Balaban J connectivity index is 2.49. The Bertz CT molecular complexity index is 757. The van der Waals surface area contributed by atoms with Crippen molar-refractivity contribution in [3.8, 4) is 11.3 Å². The lowest BCUT2D eigenvalue weighted by Crippen LogP contribution is -2.23. The topological polar surface area (TPSA) is 46.9 Å². The van der Waals surface area contributed by atoms with Crippen molar-refractivity contribution in [1.82, 2.24) is 14.9 Å². The van der Waals surface area contributed by atoms with E-state index in [9.17, 15) is 4.79 Å². The smallest absolute Gasteiger partial charge is 0.246 e. The number of aromatic nitrogens is 2. The van der Waals surface area contributed by atoms with Crippen molar-refractivity contribution in [2.75, 3.05) is 0 Å². The average molecular weight is 321 g/mol. The van der Waals surface area contributed by atoms with Crippen molar-refractivity contribution in [3.63, 3.8) is 0 Å². The molecule has 0 radical (unpaired) electrons. The summed E-state index contributed by atoms with van der Waals surface area (Å²) < 4.78 is 2.12. The largest absolute Gasteiger partial charge is 0.347 e. The Hall–Kier alpha value is -2.88. The third-order valence-electron chi connectivity index (χ3n) is 3.61. The fraction of sp³-hybridized carbons (Fsp3) is 0.200. The van der Waals surface area contributed by atoms with Crippen molar-refractivity contribution < 1.29 is 4.79 Å². The molecule has 1 aromatic carbocycles. The molecule has 24 heavy (non-hydrogen) atoms. The van der Waals surface area contributed by atoms with Gasteiger partial charge < -0.3 is 9.88 Å². The Labute approximate surface area is 143 Å². The lowest BCUT2D eigenvalue weighted by atomic mass is 10.1. The van der Waals surface area contributed by atoms with Gasteiger partial charge in [-0.15, -0.1) is 13.2 Å². The molecule has 0 fully saturated rings. The predicted molar refractivity (Wildman–Crippen MR) is 98.4 cm³/mol. The zero-order valence-electron chi connectivity index (χ0n) is 14.1. The quantitative estimate of drug-likeness (QED) is 0.596. The van der Waals surface area contributed by atoms with Crippen LogP contribution in [0.1, 0.15) is 18.4 Å². The highest BCUT2D eigenvalue weighted by Crippen LogP contribution is 2.26. The Morgan fingerprint density at radius 1 is 1.25 bits per heavy atom. The number of rotatable bonds is 8. The number of imidazole rings is 1. The average Bonchev–Trinajstić information content (AvgIpc) is 2.91. The van der Waals surface area contributed by atoms with Crippen LogP contribution in [-0.2, 0) is 24.3 Å². The summed E-state index contributed by atoms with van der Waals surface area (Å²) in [7, 11) is 0. The molecule has 0 unspecified atom stereocenters. The highest BCUT2D eigenvalue weighted by Gasteiger charge is 2.17. The lowest BCUT2D eigenvalue weighted by Gasteiger charge is -2.11. The van der Waals surface area contributed by atoms with Gasteiger partial charge >= 0.3 is 0 Å².